The number of hydrogen-bond acceptors (Lipinski definition) is 5. The highest BCUT2D eigenvalue weighted by Gasteiger charge is 2.05. The van der Waals surface area contributed by atoms with Gasteiger partial charge in [-0.2, -0.15) is 10.2 Å². The summed E-state index contributed by atoms with van der Waals surface area (Å²) in [6.07, 6.45) is 2.39. The van der Waals surface area contributed by atoms with Crippen molar-refractivity contribution in [1.82, 2.24) is 5.43 Å². The zero-order chi connectivity index (χ0) is 12.0. The van der Waals surface area contributed by atoms with E-state index in [1.165, 1.54) is 24.4 Å². The highest BCUT2D eigenvalue weighted by atomic mass is 16.4. The van der Waals surface area contributed by atoms with E-state index < -0.39 is 5.97 Å². The quantitative estimate of drug-likeness (QED) is 0.246. The van der Waals surface area contributed by atoms with Crippen LogP contribution in [0.4, 0.5) is 0 Å². The van der Waals surface area contributed by atoms with Gasteiger partial charge < -0.3 is 16.1 Å². The highest BCUT2D eigenvalue weighted by molar-refractivity contribution is 5.92. The van der Waals surface area contributed by atoms with Crippen molar-refractivity contribution in [3.63, 3.8) is 0 Å². The third-order valence-electron chi connectivity index (χ3n) is 1.68. The van der Waals surface area contributed by atoms with Gasteiger partial charge in [-0.25, -0.2) is 4.79 Å². The van der Waals surface area contributed by atoms with Gasteiger partial charge in [0.25, 0.3) is 0 Å². The van der Waals surface area contributed by atoms with Gasteiger partial charge in [-0.3, -0.25) is 5.43 Å². The molecule has 7 nitrogen and oxygen atoms in total. The molecule has 1 aromatic rings. The van der Waals surface area contributed by atoms with Gasteiger partial charge in [-0.15, -0.1) is 0 Å². The lowest BCUT2D eigenvalue weighted by Crippen LogP contribution is -2.04. The second-order valence-corrected chi connectivity index (χ2v) is 2.74. The van der Waals surface area contributed by atoms with E-state index >= 15 is 0 Å². The maximum atomic E-state index is 10.7. The zero-order valence-corrected chi connectivity index (χ0v) is 8.16. The summed E-state index contributed by atoms with van der Waals surface area (Å²) in [7, 11) is 0. The summed E-state index contributed by atoms with van der Waals surface area (Å²) in [5, 5.41) is 24.9. The fraction of sp³-hybridized carbons (Fsp3) is 0. The number of hydrogen-bond donors (Lipinski definition) is 4. The molecule has 0 spiro atoms. The van der Waals surface area contributed by atoms with Crippen LogP contribution in [-0.4, -0.2) is 28.7 Å². The molecule has 0 atom stereocenters. The van der Waals surface area contributed by atoms with Crippen molar-refractivity contribution in [3.05, 3.63) is 29.3 Å². The van der Waals surface area contributed by atoms with Crippen molar-refractivity contribution >= 4 is 18.5 Å². The lowest BCUT2D eigenvalue weighted by molar-refractivity contribution is 0.0697. The molecule has 0 unspecified atom stereocenters. The molecule has 0 saturated heterocycles. The van der Waals surface area contributed by atoms with Crippen LogP contribution in [-0.2, 0) is 0 Å². The number of rotatable bonds is 4. The number of nitrogens with one attached hydrogen (secondary N) is 1. The molecule has 0 aliphatic rings. The Morgan fingerprint density at radius 1 is 1.50 bits per heavy atom. The summed E-state index contributed by atoms with van der Waals surface area (Å²) in [4.78, 5) is 10.7. The molecule has 0 heterocycles. The van der Waals surface area contributed by atoms with Gasteiger partial charge in [0.1, 0.15) is 12.1 Å². The molecule has 0 radical (unpaired) electrons. The molecule has 0 fully saturated rings. The maximum absolute atomic E-state index is 10.7. The number of hydrazone groups is 2. The average Bonchev–Trinajstić information content (AvgIpc) is 2.26. The number of carbonyl (C=O) groups is 1. The Balaban J connectivity index is 2.90. The monoisotopic (exact) mass is 222 g/mol. The Hall–Kier alpha value is -2.57. The molecule has 0 aliphatic heterocycles. The summed E-state index contributed by atoms with van der Waals surface area (Å²) in [5.74, 6) is 3.66. The first kappa shape index (κ1) is 11.5. The number of phenols is 1. The SMILES string of the molecule is NN=CNN=Cc1cc(C(=O)O)ccc1O. The van der Waals surface area contributed by atoms with Crippen LogP contribution in [0.2, 0.25) is 0 Å². The molecule has 0 amide bonds. The molecule has 0 saturated carbocycles. The minimum absolute atomic E-state index is 0.0618. The van der Waals surface area contributed by atoms with E-state index in [1.54, 1.807) is 0 Å². The zero-order valence-electron chi connectivity index (χ0n) is 8.16. The molecule has 84 valence electrons. The second-order valence-electron chi connectivity index (χ2n) is 2.74. The Morgan fingerprint density at radius 3 is 2.88 bits per heavy atom. The van der Waals surface area contributed by atoms with Crippen LogP contribution in [0.15, 0.2) is 28.4 Å². The topological polar surface area (TPSA) is 120 Å². The predicted molar refractivity (Wildman–Crippen MR) is 58.5 cm³/mol. The number of carboxylic acids is 1. The highest BCUT2D eigenvalue weighted by Crippen LogP contribution is 2.16. The van der Waals surface area contributed by atoms with Crippen LogP contribution in [0, 0.1) is 0 Å². The molecule has 16 heavy (non-hydrogen) atoms. The normalized spacial score (nSPS) is 11.0. The van der Waals surface area contributed by atoms with Gasteiger partial charge in [0, 0.05) is 5.56 Å². The molecule has 1 aromatic carbocycles. The minimum Gasteiger partial charge on any atom is -0.507 e. The van der Waals surface area contributed by atoms with E-state index in [0.29, 0.717) is 0 Å². The Kier molecular flexibility index (Phi) is 3.84. The number of aromatic hydroxyl groups is 1. The Labute approximate surface area is 90.9 Å². The third kappa shape index (κ3) is 2.98. The van der Waals surface area contributed by atoms with Crippen LogP contribution >= 0.6 is 0 Å². The van der Waals surface area contributed by atoms with Crippen molar-refractivity contribution < 1.29 is 15.0 Å². The van der Waals surface area contributed by atoms with E-state index in [9.17, 15) is 9.90 Å². The summed E-state index contributed by atoms with van der Waals surface area (Å²) in [6.45, 7) is 0. The van der Waals surface area contributed by atoms with Gasteiger partial charge in [0.2, 0.25) is 0 Å². The first-order chi connectivity index (χ1) is 7.65. The molecule has 1 rings (SSSR count). The number of aromatic carboxylic acids is 1. The van der Waals surface area contributed by atoms with E-state index in [-0.39, 0.29) is 16.9 Å². The summed E-state index contributed by atoms with van der Waals surface area (Å²) >= 11 is 0. The van der Waals surface area contributed by atoms with Crippen molar-refractivity contribution in [2.24, 2.45) is 16.0 Å². The number of nitrogens with zero attached hydrogens (tertiary/aromatic N) is 2. The summed E-state index contributed by atoms with van der Waals surface area (Å²) in [6, 6.07) is 3.87. The van der Waals surface area contributed by atoms with Crippen molar-refractivity contribution in [3.8, 4) is 5.75 Å². The van der Waals surface area contributed by atoms with E-state index in [4.69, 9.17) is 10.9 Å². The van der Waals surface area contributed by atoms with E-state index in [2.05, 4.69) is 15.6 Å². The van der Waals surface area contributed by atoms with Crippen LogP contribution < -0.4 is 11.3 Å². The number of carboxylic acid groups (broad SMARTS) is 1. The molecule has 0 aromatic heterocycles. The van der Waals surface area contributed by atoms with Crippen LogP contribution in [0.3, 0.4) is 0 Å². The van der Waals surface area contributed by atoms with Gasteiger partial charge in [0.15, 0.2) is 0 Å². The average molecular weight is 222 g/mol. The van der Waals surface area contributed by atoms with Gasteiger partial charge >= 0.3 is 5.97 Å². The van der Waals surface area contributed by atoms with Crippen molar-refractivity contribution in [2.45, 2.75) is 0 Å². The smallest absolute Gasteiger partial charge is 0.335 e. The summed E-state index contributed by atoms with van der Waals surface area (Å²) in [5.41, 5.74) is 2.69. The van der Waals surface area contributed by atoms with Crippen LogP contribution in [0.5, 0.6) is 5.75 Å². The largest absolute Gasteiger partial charge is 0.507 e. The van der Waals surface area contributed by atoms with E-state index in [1.807, 2.05) is 0 Å². The predicted octanol–water partition coefficient (Wildman–Crippen LogP) is -0.0841. The molecular weight excluding hydrogens is 212 g/mol. The molecule has 7 heteroatoms. The second kappa shape index (κ2) is 5.35. The van der Waals surface area contributed by atoms with Gasteiger partial charge in [0.05, 0.1) is 11.8 Å². The fourth-order valence-electron chi connectivity index (χ4n) is 0.964. The maximum Gasteiger partial charge on any atom is 0.335 e. The van der Waals surface area contributed by atoms with Crippen molar-refractivity contribution in [2.75, 3.05) is 0 Å². The van der Waals surface area contributed by atoms with Crippen LogP contribution in [0.25, 0.3) is 0 Å². The molecule has 5 N–H and O–H groups in total. The first-order valence-corrected chi connectivity index (χ1v) is 4.21. The first-order valence-electron chi connectivity index (χ1n) is 4.21. The lowest BCUT2D eigenvalue weighted by Gasteiger charge is -2.00. The molecule has 0 bridgehead atoms. The number of nitrogens with two attached hydrogens (primary N) is 1. The fourth-order valence-corrected chi connectivity index (χ4v) is 0.964. The van der Waals surface area contributed by atoms with E-state index in [0.717, 1.165) is 6.34 Å². The number of phenolic OH excluding ortho intramolecular Hbond substituents is 1. The number of benzene rings is 1. The standard InChI is InChI=1S/C9H10N4O3/c10-11-5-13-12-4-7-3-6(9(15)16)1-2-8(7)14/h1-5,14H,10H2,(H,11,13)(H,15,16). The van der Waals surface area contributed by atoms with Crippen LogP contribution in [0.1, 0.15) is 15.9 Å². The molecule has 0 aliphatic carbocycles. The minimum atomic E-state index is -1.08. The van der Waals surface area contributed by atoms with Crippen molar-refractivity contribution in [1.29, 1.82) is 0 Å². The Bertz CT molecular complexity index is 442. The van der Waals surface area contributed by atoms with Gasteiger partial charge in [-0.1, -0.05) is 0 Å². The Morgan fingerprint density at radius 2 is 2.25 bits per heavy atom. The molecular formula is C9H10N4O3. The third-order valence-corrected chi connectivity index (χ3v) is 1.68. The summed E-state index contributed by atoms with van der Waals surface area (Å²) < 4.78 is 0. The van der Waals surface area contributed by atoms with Gasteiger partial charge in [-0.05, 0) is 18.2 Å². The lowest BCUT2D eigenvalue weighted by atomic mass is 10.1.